The zero-order valence-corrected chi connectivity index (χ0v) is 11.4. The van der Waals surface area contributed by atoms with Crippen LogP contribution in [0.2, 0.25) is 0 Å². The molecule has 0 aromatic heterocycles. The first-order valence-corrected chi connectivity index (χ1v) is 6.31. The summed E-state index contributed by atoms with van der Waals surface area (Å²) in [5.74, 6) is -0.776. The van der Waals surface area contributed by atoms with E-state index in [1.165, 1.54) is 18.2 Å². The van der Waals surface area contributed by atoms with E-state index in [1.807, 2.05) is 6.92 Å². The third-order valence-corrected chi connectivity index (χ3v) is 2.64. The monoisotopic (exact) mass is 286 g/mol. The minimum absolute atomic E-state index is 0.210. The average molecular weight is 286 g/mol. The first kappa shape index (κ1) is 14.5. The lowest BCUT2D eigenvalue weighted by atomic mass is 10.2. The molecule has 0 aliphatic carbocycles. The molecular formula is C15H14N2O4. The Kier molecular flexibility index (Phi) is 4.50. The van der Waals surface area contributed by atoms with Crippen molar-refractivity contribution >= 4 is 17.3 Å². The van der Waals surface area contributed by atoms with Gasteiger partial charge in [-0.15, -0.1) is 0 Å². The topological polar surface area (TPSA) is 91.5 Å². The Bertz CT molecular complexity index is 666. The van der Waals surface area contributed by atoms with Gasteiger partial charge in [0.15, 0.2) is 0 Å². The number of carboxylic acid groups (broad SMARTS) is 1. The molecule has 108 valence electrons. The minimum atomic E-state index is -1.22. The molecule has 0 fully saturated rings. The summed E-state index contributed by atoms with van der Waals surface area (Å²) >= 11 is 0. The molecule has 0 unspecified atom stereocenters. The van der Waals surface area contributed by atoms with Crippen LogP contribution in [0.1, 0.15) is 17.3 Å². The molecule has 0 saturated heterocycles. The second-order valence-corrected chi connectivity index (χ2v) is 4.13. The van der Waals surface area contributed by atoms with Crippen LogP contribution in [-0.2, 0) is 0 Å². The highest BCUT2D eigenvalue weighted by atomic mass is 16.5. The molecule has 6 heteroatoms. The number of aromatic hydroxyl groups is 1. The van der Waals surface area contributed by atoms with Crippen molar-refractivity contribution in [3.8, 4) is 11.5 Å². The van der Waals surface area contributed by atoms with Gasteiger partial charge in [-0.05, 0) is 49.4 Å². The van der Waals surface area contributed by atoms with Crippen molar-refractivity contribution in [2.24, 2.45) is 10.2 Å². The van der Waals surface area contributed by atoms with Crippen LogP contribution in [0.5, 0.6) is 11.5 Å². The fraction of sp³-hybridized carbons (Fsp3) is 0.133. The standard InChI is InChI=1S/C15H14N2O4/c1-2-21-12-6-3-10(4-7-12)16-17-11-5-8-14(18)13(9-11)15(19)20/h3-9,18H,2H2,1H3,(H,19,20). The Morgan fingerprint density at radius 2 is 1.71 bits per heavy atom. The molecule has 0 spiro atoms. The number of hydrogen-bond donors (Lipinski definition) is 2. The number of benzene rings is 2. The number of carbonyl (C=O) groups is 1. The maximum Gasteiger partial charge on any atom is 0.339 e. The van der Waals surface area contributed by atoms with Gasteiger partial charge in [0.2, 0.25) is 0 Å². The zero-order chi connectivity index (χ0) is 15.2. The van der Waals surface area contributed by atoms with Gasteiger partial charge in [0.1, 0.15) is 17.1 Å². The Morgan fingerprint density at radius 1 is 1.10 bits per heavy atom. The lowest BCUT2D eigenvalue weighted by molar-refractivity contribution is 0.0694. The maximum absolute atomic E-state index is 10.9. The molecule has 0 heterocycles. The van der Waals surface area contributed by atoms with E-state index in [0.29, 0.717) is 18.0 Å². The third kappa shape index (κ3) is 3.79. The number of nitrogens with zero attached hydrogens (tertiary/aromatic N) is 2. The van der Waals surface area contributed by atoms with Gasteiger partial charge in [-0.1, -0.05) is 0 Å². The van der Waals surface area contributed by atoms with E-state index < -0.39 is 5.97 Å². The summed E-state index contributed by atoms with van der Waals surface area (Å²) in [6.07, 6.45) is 0. The first-order chi connectivity index (χ1) is 10.1. The van der Waals surface area contributed by atoms with Crippen LogP contribution in [0.3, 0.4) is 0 Å². The van der Waals surface area contributed by atoms with Gasteiger partial charge in [-0.25, -0.2) is 4.79 Å². The summed E-state index contributed by atoms with van der Waals surface area (Å²) in [7, 11) is 0. The van der Waals surface area contributed by atoms with Gasteiger partial charge in [0, 0.05) is 0 Å². The van der Waals surface area contributed by atoms with Gasteiger partial charge < -0.3 is 14.9 Å². The van der Waals surface area contributed by atoms with E-state index >= 15 is 0 Å². The highest BCUT2D eigenvalue weighted by molar-refractivity contribution is 5.91. The molecular weight excluding hydrogens is 272 g/mol. The van der Waals surface area contributed by atoms with E-state index in [9.17, 15) is 9.90 Å². The summed E-state index contributed by atoms with van der Waals surface area (Å²) in [6.45, 7) is 2.49. The summed E-state index contributed by atoms with van der Waals surface area (Å²) in [5.41, 5.74) is 0.751. The van der Waals surface area contributed by atoms with Gasteiger partial charge in [0.05, 0.1) is 18.0 Å². The number of rotatable bonds is 5. The highest BCUT2D eigenvalue weighted by Gasteiger charge is 2.09. The van der Waals surface area contributed by atoms with Gasteiger partial charge >= 0.3 is 5.97 Å². The number of azo groups is 1. The number of aromatic carboxylic acids is 1. The average Bonchev–Trinajstić information content (AvgIpc) is 2.48. The number of carboxylic acids is 1. The highest BCUT2D eigenvalue weighted by Crippen LogP contribution is 2.25. The SMILES string of the molecule is CCOc1ccc(N=Nc2ccc(O)c(C(=O)O)c2)cc1. The minimum Gasteiger partial charge on any atom is -0.507 e. The van der Waals surface area contributed by atoms with Crippen LogP contribution in [0.4, 0.5) is 11.4 Å². The van der Waals surface area contributed by atoms with E-state index in [2.05, 4.69) is 10.2 Å². The third-order valence-electron chi connectivity index (χ3n) is 2.64. The molecule has 6 nitrogen and oxygen atoms in total. The quantitative estimate of drug-likeness (QED) is 0.815. The lowest BCUT2D eigenvalue weighted by Crippen LogP contribution is -1.95. The second kappa shape index (κ2) is 6.51. The van der Waals surface area contributed by atoms with E-state index in [4.69, 9.17) is 9.84 Å². The largest absolute Gasteiger partial charge is 0.507 e. The van der Waals surface area contributed by atoms with Crippen LogP contribution in [0, 0.1) is 0 Å². The summed E-state index contributed by atoms with van der Waals surface area (Å²) in [6, 6.07) is 11.1. The number of hydrogen-bond acceptors (Lipinski definition) is 5. The van der Waals surface area contributed by atoms with E-state index in [0.717, 1.165) is 5.75 Å². The Morgan fingerprint density at radius 3 is 2.33 bits per heavy atom. The smallest absolute Gasteiger partial charge is 0.339 e. The Labute approximate surface area is 121 Å². The summed E-state index contributed by atoms with van der Waals surface area (Å²) < 4.78 is 5.31. The van der Waals surface area contributed by atoms with E-state index in [1.54, 1.807) is 24.3 Å². The molecule has 0 aliphatic rings. The lowest BCUT2D eigenvalue weighted by Gasteiger charge is -2.02. The van der Waals surface area contributed by atoms with Gasteiger partial charge in [-0.2, -0.15) is 10.2 Å². The molecule has 0 atom stereocenters. The fourth-order valence-corrected chi connectivity index (χ4v) is 1.65. The van der Waals surface area contributed by atoms with Crippen LogP contribution in [0.15, 0.2) is 52.7 Å². The normalized spacial score (nSPS) is 10.7. The van der Waals surface area contributed by atoms with Gasteiger partial charge in [-0.3, -0.25) is 0 Å². The van der Waals surface area contributed by atoms with Crippen molar-refractivity contribution in [3.63, 3.8) is 0 Å². The number of ether oxygens (including phenoxy) is 1. The zero-order valence-electron chi connectivity index (χ0n) is 11.4. The fourth-order valence-electron chi connectivity index (χ4n) is 1.65. The maximum atomic E-state index is 10.9. The Balaban J connectivity index is 2.17. The number of phenols is 1. The van der Waals surface area contributed by atoms with Gasteiger partial charge in [0.25, 0.3) is 0 Å². The molecule has 0 amide bonds. The van der Waals surface area contributed by atoms with Crippen LogP contribution in [-0.4, -0.2) is 22.8 Å². The molecule has 2 aromatic carbocycles. The molecule has 0 aliphatic heterocycles. The van der Waals surface area contributed by atoms with Crippen molar-refractivity contribution in [1.82, 2.24) is 0 Å². The van der Waals surface area contributed by atoms with Crippen molar-refractivity contribution < 1.29 is 19.7 Å². The summed E-state index contributed by atoms with van der Waals surface area (Å²) in [4.78, 5) is 10.9. The molecule has 2 N–H and O–H groups in total. The molecule has 0 saturated carbocycles. The van der Waals surface area contributed by atoms with Crippen LogP contribution < -0.4 is 4.74 Å². The molecule has 0 radical (unpaired) electrons. The molecule has 0 bridgehead atoms. The summed E-state index contributed by atoms with van der Waals surface area (Å²) in [5, 5.41) is 26.3. The van der Waals surface area contributed by atoms with Crippen molar-refractivity contribution in [2.75, 3.05) is 6.61 Å². The Hall–Kier alpha value is -2.89. The molecule has 2 rings (SSSR count). The predicted molar refractivity (Wildman–Crippen MR) is 76.9 cm³/mol. The second-order valence-electron chi connectivity index (χ2n) is 4.13. The van der Waals surface area contributed by atoms with Crippen LogP contribution >= 0.6 is 0 Å². The van der Waals surface area contributed by atoms with E-state index in [-0.39, 0.29) is 11.3 Å². The first-order valence-electron chi connectivity index (χ1n) is 6.31. The molecule has 21 heavy (non-hydrogen) atoms. The predicted octanol–water partition coefficient (Wildman–Crippen LogP) is 3.90. The molecule has 2 aromatic rings. The van der Waals surface area contributed by atoms with Crippen molar-refractivity contribution in [1.29, 1.82) is 0 Å². The van der Waals surface area contributed by atoms with Crippen molar-refractivity contribution in [3.05, 3.63) is 48.0 Å². The van der Waals surface area contributed by atoms with Crippen molar-refractivity contribution in [2.45, 2.75) is 6.92 Å². The van der Waals surface area contributed by atoms with Crippen LogP contribution in [0.25, 0.3) is 0 Å².